The summed E-state index contributed by atoms with van der Waals surface area (Å²) in [4.78, 5) is 11.2. The van der Waals surface area contributed by atoms with Crippen LogP contribution in [0.25, 0.3) is 0 Å². The molecular weight excluding hydrogens is 282 g/mol. The number of aliphatic hydroxyl groups is 1. The van der Waals surface area contributed by atoms with Gasteiger partial charge in [0.05, 0.1) is 6.54 Å². The molecule has 0 radical (unpaired) electrons. The van der Waals surface area contributed by atoms with Gasteiger partial charge < -0.3 is 10.4 Å². The fourth-order valence-electron chi connectivity index (χ4n) is 1.56. The lowest BCUT2D eigenvalue weighted by atomic mass is 9.91. The molecular formula is C13H18BrNO2. The van der Waals surface area contributed by atoms with Gasteiger partial charge in [-0.15, -0.1) is 0 Å². The molecule has 4 heteroatoms. The molecule has 0 aliphatic heterocycles. The fraction of sp³-hybridized carbons (Fsp3) is 0.462. The minimum absolute atomic E-state index is 0.0472. The van der Waals surface area contributed by atoms with E-state index in [0.717, 1.165) is 10.0 Å². The van der Waals surface area contributed by atoms with E-state index in [4.69, 9.17) is 0 Å². The third-order valence-electron chi connectivity index (χ3n) is 2.87. The highest BCUT2D eigenvalue weighted by molar-refractivity contribution is 9.10. The number of hydrogen-bond acceptors (Lipinski definition) is 2. The zero-order valence-corrected chi connectivity index (χ0v) is 11.8. The first-order chi connectivity index (χ1) is 8.01. The second kappa shape index (κ2) is 6.17. The van der Waals surface area contributed by atoms with Gasteiger partial charge >= 0.3 is 0 Å². The van der Waals surface area contributed by atoms with Gasteiger partial charge in [-0.3, -0.25) is 4.79 Å². The van der Waals surface area contributed by atoms with E-state index >= 15 is 0 Å². The summed E-state index contributed by atoms with van der Waals surface area (Å²) in [6.45, 7) is 3.94. The Morgan fingerprint density at radius 1 is 1.35 bits per heavy atom. The summed E-state index contributed by atoms with van der Waals surface area (Å²) in [7, 11) is 0. The van der Waals surface area contributed by atoms with E-state index in [9.17, 15) is 9.90 Å². The first kappa shape index (κ1) is 14.2. The summed E-state index contributed by atoms with van der Waals surface area (Å²) < 4.78 is 0.970. The van der Waals surface area contributed by atoms with E-state index in [2.05, 4.69) is 21.2 Å². The van der Waals surface area contributed by atoms with Crippen LogP contribution in [0.1, 0.15) is 32.3 Å². The highest BCUT2D eigenvalue weighted by Crippen LogP contribution is 2.25. The third kappa shape index (κ3) is 3.82. The Bertz CT molecular complexity index is 378. The van der Waals surface area contributed by atoms with Gasteiger partial charge in [0.15, 0.2) is 0 Å². The maximum absolute atomic E-state index is 11.2. The molecule has 0 fully saturated rings. The standard InChI is InChI=1S/C13H18BrNO2/c1-3-12(16)15-9-13(17,4-2)10-5-7-11(14)8-6-10/h5-8,17H,3-4,9H2,1-2H3,(H,15,16). The molecule has 1 aromatic rings. The van der Waals surface area contributed by atoms with Crippen LogP contribution in [0.15, 0.2) is 28.7 Å². The molecule has 2 N–H and O–H groups in total. The predicted molar refractivity (Wildman–Crippen MR) is 71.6 cm³/mol. The Kier molecular flexibility index (Phi) is 5.15. The van der Waals surface area contributed by atoms with Crippen LogP contribution in [-0.4, -0.2) is 17.6 Å². The van der Waals surface area contributed by atoms with E-state index in [1.54, 1.807) is 6.92 Å². The van der Waals surface area contributed by atoms with Crippen LogP contribution in [0, 0.1) is 0 Å². The summed E-state index contributed by atoms with van der Waals surface area (Å²) >= 11 is 3.36. The third-order valence-corrected chi connectivity index (χ3v) is 3.39. The molecule has 1 unspecified atom stereocenters. The van der Waals surface area contributed by atoms with Crippen molar-refractivity contribution >= 4 is 21.8 Å². The molecule has 1 rings (SSSR count). The molecule has 0 heterocycles. The SMILES string of the molecule is CCC(=O)NCC(O)(CC)c1ccc(Br)cc1. The largest absolute Gasteiger partial charge is 0.383 e. The highest BCUT2D eigenvalue weighted by atomic mass is 79.9. The molecule has 3 nitrogen and oxygen atoms in total. The van der Waals surface area contributed by atoms with Crippen molar-refractivity contribution < 1.29 is 9.90 Å². The molecule has 0 saturated carbocycles. The average Bonchev–Trinajstić information content (AvgIpc) is 2.36. The monoisotopic (exact) mass is 299 g/mol. The number of rotatable bonds is 5. The Morgan fingerprint density at radius 2 is 1.94 bits per heavy atom. The molecule has 1 atom stereocenters. The van der Waals surface area contributed by atoms with Crippen molar-refractivity contribution in [1.29, 1.82) is 0 Å². The van der Waals surface area contributed by atoms with E-state index in [1.165, 1.54) is 0 Å². The van der Waals surface area contributed by atoms with E-state index < -0.39 is 5.60 Å². The van der Waals surface area contributed by atoms with Crippen LogP contribution in [0.2, 0.25) is 0 Å². The summed E-state index contributed by atoms with van der Waals surface area (Å²) in [6, 6.07) is 7.51. The first-order valence-electron chi connectivity index (χ1n) is 5.77. The smallest absolute Gasteiger partial charge is 0.219 e. The van der Waals surface area contributed by atoms with Crippen LogP contribution in [0.3, 0.4) is 0 Å². The van der Waals surface area contributed by atoms with Crippen LogP contribution in [0.4, 0.5) is 0 Å². The lowest BCUT2D eigenvalue weighted by molar-refractivity contribution is -0.122. The minimum atomic E-state index is -0.995. The maximum atomic E-state index is 11.2. The first-order valence-corrected chi connectivity index (χ1v) is 6.56. The molecule has 0 aromatic heterocycles. The van der Waals surface area contributed by atoms with Crippen LogP contribution >= 0.6 is 15.9 Å². The topological polar surface area (TPSA) is 49.3 Å². The van der Waals surface area contributed by atoms with E-state index in [0.29, 0.717) is 12.8 Å². The summed E-state index contributed by atoms with van der Waals surface area (Å²) in [5.74, 6) is -0.0472. The molecule has 0 spiro atoms. The summed E-state index contributed by atoms with van der Waals surface area (Å²) in [6.07, 6.45) is 0.985. The minimum Gasteiger partial charge on any atom is -0.383 e. The van der Waals surface area contributed by atoms with Gasteiger partial charge in [0.1, 0.15) is 5.60 Å². The van der Waals surface area contributed by atoms with Gasteiger partial charge in [-0.1, -0.05) is 41.9 Å². The van der Waals surface area contributed by atoms with E-state index in [1.807, 2.05) is 31.2 Å². The van der Waals surface area contributed by atoms with Gasteiger partial charge in [0, 0.05) is 10.9 Å². The molecule has 17 heavy (non-hydrogen) atoms. The van der Waals surface area contributed by atoms with E-state index in [-0.39, 0.29) is 12.5 Å². The second-order valence-electron chi connectivity index (χ2n) is 4.02. The molecule has 94 valence electrons. The number of nitrogens with one attached hydrogen (secondary N) is 1. The number of halogens is 1. The normalized spacial score (nSPS) is 14.1. The second-order valence-corrected chi connectivity index (χ2v) is 4.94. The van der Waals surface area contributed by atoms with Crippen LogP contribution in [-0.2, 0) is 10.4 Å². The van der Waals surface area contributed by atoms with Crippen LogP contribution in [0.5, 0.6) is 0 Å². The van der Waals surface area contributed by atoms with Crippen molar-refractivity contribution in [3.05, 3.63) is 34.3 Å². The Balaban J connectivity index is 2.80. The summed E-state index contributed by atoms with van der Waals surface area (Å²) in [5.41, 5.74) is -0.175. The van der Waals surface area contributed by atoms with Gasteiger partial charge in [-0.2, -0.15) is 0 Å². The van der Waals surface area contributed by atoms with Crippen molar-refractivity contribution in [2.75, 3.05) is 6.54 Å². The van der Waals surface area contributed by atoms with Crippen molar-refractivity contribution in [3.63, 3.8) is 0 Å². The lowest BCUT2D eigenvalue weighted by Gasteiger charge is -2.27. The molecule has 0 bridgehead atoms. The van der Waals surface area contributed by atoms with Gasteiger partial charge in [0.25, 0.3) is 0 Å². The molecule has 1 amide bonds. The van der Waals surface area contributed by atoms with Crippen LogP contribution < -0.4 is 5.32 Å². The Morgan fingerprint density at radius 3 is 2.41 bits per heavy atom. The van der Waals surface area contributed by atoms with Crippen molar-refractivity contribution in [2.24, 2.45) is 0 Å². The van der Waals surface area contributed by atoms with Gasteiger partial charge in [-0.05, 0) is 24.1 Å². The Labute approximate surface area is 110 Å². The lowest BCUT2D eigenvalue weighted by Crippen LogP contribution is -2.40. The number of carbonyl (C=O) groups is 1. The highest BCUT2D eigenvalue weighted by Gasteiger charge is 2.27. The van der Waals surface area contributed by atoms with Crippen molar-refractivity contribution in [3.8, 4) is 0 Å². The number of carbonyl (C=O) groups excluding carboxylic acids is 1. The van der Waals surface area contributed by atoms with Crippen molar-refractivity contribution in [1.82, 2.24) is 5.32 Å². The molecule has 0 saturated heterocycles. The number of amides is 1. The predicted octanol–water partition coefficient (Wildman–Crippen LogP) is 2.57. The maximum Gasteiger partial charge on any atom is 0.219 e. The molecule has 0 aliphatic carbocycles. The van der Waals surface area contributed by atoms with Crippen molar-refractivity contribution in [2.45, 2.75) is 32.3 Å². The Hall–Kier alpha value is -0.870. The molecule has 0 aliphatic rings. The molecule has 1 aromatic carbocycles. The zero-order chi connectivity index (χ0) is 12.9. The number of hydrogen-bond donors (Lipinski definition) is 2. The summed E-state index contributed by atoms with van der Waals surface area (Å²) in [5, 5.41) is 13.2. The van der Waals surface area contributed by atoms with Gasteiger partial charge in [-0.25, -0.2) is 0 Å². The average molecular weight is 300 g/mol. The fourth-order valence-corrected chi connectivity index (χ4v) is 1.83. The number of benzene rings is 1. The zero-order valence-electron chi connectivity index (χ0n) is 10.2. The van der Waals surface area contributed by atoms with Gasteiger partial charge in [0.2, 0.25) is 5.91 Å². The quantitative estimate of drug-likeness (QED) is 0.878.